The lowest BCUT2D eigenvalue weighted by atomic mass is 10.3. The van der Waals surface area contributed by atoms with Crippen molar-refractivity contribution in [3.63, 3.8) is 0 Å². The van der Waals surface area contributed by atoms with E-state index in [1.165, 1.54) is 10.6 Å². The lowest BCUT2D eigenvalue weighted by Crippen LogP contribution is -2.16. The van der Waals surface area contributed by atoms with Gasteiger partial charge < -0.3 is 5.32 Å². The van der Waals surface area contributed by atoms with Crippen molar-refractivity contribution in [2.75, 3.05) is 6.54 Å². The van der Waals surface area contributed by atoms with Gasteiger partial charge in [-0.05, 0) is 44.3 Å². The average molecular weight is 249 g/mol. The fourth-order valence-electron chi connectivity index (χ4n) is 1.88. The zero-order valence-corrected chi connectivity index (χ0v) is 11.3. The van der Waals surface area contributed by atoms with Crippen molar-refractivity contribution in [3.8, 4) is 0 Å². The van der Waals surface area contributed by atoms with E-state index in [0.29, 0.717) is 0 Å². The molecule has 2 heterocycles. The number of nitrogens with one attached hydrogen (secondary N) is 1. The third kappa shape index (κ3) is 3.68. The molecule has 2 aromatic heterocycles. The van der Waals surface area contributed by atoms with E-state index in [2.05, 4.69) is 45.6 Å². The van der Waals surface area contributed by atoms with Gasteiger partial charge >= 0.3 is 0 Å². The highest BCUT2D eigenvalue weighted by atomic mass is 32.1. The Morgan fingerprint density at radius 2 is 2.29 bits per heavy atom. The van der Waals surface area contributed by atoms with E-state index in [4.69, 9.17) is 0 Å². The lowest BCUT2D eigenvalue weighted by molar-refractivity contribution is 0.533. The van der Waals surface area contributed by atoms with Crippen LogP contribution in [0.25, 0.3) is 0 Å². The normalized spacial score (nSPS) is 10.9. The molecule has 3 nitrogen and oxygen atoms in total. The third-order valence-electron chi connectivity index (χ3n) is 2.71. The Kier molecular flexibility index (Phi) is 4.34. The molecule has 1 N–H and O–H groups in total. The number of hydrogen-bond acceptors (Lipinski definition) is 3. The van der Waals surface area contributed by atoms with Gasteiger partial charge in [0.2, 0.25) is 0 Å². The zero-order chi connectivity index (χ0) is 12.1. The van der Waals surface area contributed by atoms with Gasteiger partial charge in [-0.1, -0.05) is 6.07 Å². The molecule has 17 heavy (non-hydrogen) atoms. The molecule has 92 valence electrons. The molecule has 2 rings (SSSR count). The van der Waals surface area contributed by atoms with Crippen LogP contribution in [0.1, 0.15) is 22.7 Å². The Morgan fingerprint density at radius 3 is 2.94 bits per heavy atom. The molecule has 0 aliphatic heterocycles. The van der Waals surface area contributed by atoms with E-state index in [-0.39, 0.29) is 0 Å². The molecule has 0 aliphatic carbocycles. The summed E-state index contributed by atoms with van der Waals surface area (Å²) in [5.74, 6) is 0. The van der Waals surface area contributed by atoms with Crippen LogP contribution in [-0.4, -0.2) is 16.3 Å². The molecule has 0 fully saturated rings. The van der Waals surface area contributed by atoms with Gasteiger partial charge in [0.1, 0.15) is 0 Å². The SMILES string of the molecule is Cc1cc(C)n(CCCNCc2cccs2)n1. The molecule has 0 unspecified atom stereocenters. The number of thiophene rings is 1. The highest BCUT2D eigenvalue weighted by molar-refractivity contribution is 7.09. The molecule has 0 saturated heterocycles. The summed E-state index contributed by atoms with van der Waals surface area (Å²) in [6.07, 6.45) is 1.12. The lowest BCUT2D eigenvalue weighted by Gasteiger charge is -2.05. The van der Waals surface area contributed by atoms with Crippen molar-refractivity contribution < 1.29 is 0 Å². The number of hydrogen-bond donors (Lipinski definition) is 1. The van der Waals surface area contributed by atoms with Crippen molar-refractivity contribution in [3.05, 3.63) is 39.8 Å². The third-order valence-corrected chi connectivity index (χ3v) is 3.58. The summed E-state index contributed by atoms with van der Waals surface area (Å²) in [6, 6.07) is 6.38. The quantitative estimate of drug-likeness (QED) is 0.798. The predicted octanol–water partition coefficient (Wildman–Crippen LogP) is 2.74. The first-order chi connectivity index (χ1) is 8.25. The molecular formula is C13H19N3S. The van der Waals surface area contributed by atoms with Gasteiger partial charge in [-0.2, -0.15) is 5.10 Å². The second kappa shape index (κ2) is 5.98. The maximum atomic E-state index is 4.45. The second-order valence-electron chi connectivity index (χ2n) is 4.26. The standard InChI is InChI=1S/C13H19N3S/c1-11-9-12(2)16(15-11)7-4-6-14-10-13-5-3-8-17-13/h3,5,8-9,14H,4,6-7,10H2,1-2H3. The number of aryl methyl sites for hydroxylation is 3. The zero-order valence-electron chi connectivity index (χ0n) is 10.4. The number of rotatable bonds is 6. The summed E-state index contributed by atoms with van der Waals surface area (Å²) in [7, 11) is 0. The van der Waals surface area contributed by atoms with Gasteiger partial charge in [-0.3, -0.25) is 4.68 Å². The second-order valence-corrected chi connectivity index (χ2v) is 5.29. The summed E-state index contributed by atoms with van der Waals surface area (Å²) in [5, 5.41) is 10.0. The summed E-state index contributed by atoms with van der Waals surface area (Å²) in [4.78, 5) is 1.40. The molecule has 0 spiro atoms. The first kappa shape index (κ1) is 12.3. The monoisotopic (exact) mass is 249 g/mol. The topological polar surface area (TPSA) is 29.9 Å². The molecule has 0 aromatic carbocycles. The van der Waals surface area contributed by atoms with Crippen molar-refractivity contribution >= 4 is 11.3 Å². The summed E-state index contributed by atoms with van der Waals surface area (Å²) < 4.78 is 2.09. The molecule has 0 saturated carbocycles. The van der Waals surface area contributed by atoms with Crippen LogP contribution in [0.2, 0.25) is 0 Å². The van der Waals surface area contributed by atoms with E-state index < -0.39 is 0 Å². The van der Waals surface area contributed by atoms with E-state index in [9.17, 15) is 0 Å². The van der Waals surface area contributed by atoms with Crippen LogP contribution in [0.5, 0.6) is 0 Å². The van der Waals surface area contributed by atoms with Gasteiger partial charge in [0.15, 0.2) is 0 Å². The van der Waals surface area contributed by atoms with Gasteiger partial charge in [-0.25, -0.2) is 0 Å². The Hall–Kier alpha value is -1.13. The summed E-state index contributed by atoms with van der Waals surface area (Å²) >= 11 is 1.80. The molecule has 4 heteroatoms. The highest BCUT2D eigenvalue weighted by Gasteiger charge is 1.99. The van der Waals surface area contributed by atoms with Gasteiger partial charge in [0.25, 0.3) is 0 Å². The van der Waals surface area contributed by atoms with E-state index in [1.807, 2.05) is 6.92 Å². The Morgan fingerprint density at radius 1 is 1.41 bits per heavy atom. The molecule has 0 bridgehead atoms. The molecule has 0 aliphatic rings. The van der Waals surface area contributed by atoms with E-state index >= 15 is 0 Å². The Labute approximate surface area is 106 Å². The highest BCUT2D eigenvalue weighted by Crippen LogP contribution is 2.07. The van der Waals surface area contributed by atoms with E-state index in [1.54, 1.807) is 11.3 Å². The maximum absolute atomic E-state index is 4.45. The summed E-state index contributed by atoms with van der Waals surface area (Å²) in [5.41, 5.74) is 2.36. The Bertz CT molecular complexity index is 445. The van der Waals surface area contributed by atoms with Gasteiger partial charge in [0.05, 0.1) is 5.69 Å². The van der Waals surface area contributed by atoms with Crippen LogP contribution in [0.4, 0.5) is 0 Å². The van der Waals surface area contributed by atoms with Crippen molar-refractivity contribution in [2.45, 2.75) is 33.4 Å². The predicted molar refractivity (Wildman–Crippen MR) is 72.3 cm³/mol. The van der Waals surface area contributed by atoms with Crippen LogP contribution in [0, 0.1) is 13.8 Å². The van der Waals surface area contributed by atoms with Gasteiger partial charge in [-0.15, -0.1) is 11.3 Å². The van der Waals surface area contributed by atoms with Crippen molar-refractivity contribution in [1.29, 1.82) is 0 Å². The average Bonchev–Trinajstić information content (AvgIpc) is 2.89. The molecular weight excluding hydrogens is 230 g/mol. The fourth-order valence-corrected chi connectivity index (χ4v) is 2.55. The summed E-state index contributed by atoms with van der Waals surface area (Å²) in [6.45, 7) is 7.17. The molecule has 0 radical (unpaired) electrons. The first-order valence-electron chi connectivity index (χ1n) is 6.00. The smallest absolute Gasteiger partial charge is 0.0596 e. The fraction of sp³-hybridized carbons (Fsp3) is 0.462. The Balaban J connectivity index is 1.65. The molecule has 0 amide bonds. The number of nitrogens with zero attached hydrogens (tertiary/aromatic N) is 2. The minimum absolute atomic E-state index is 0.981. The van der Waals surface area contributed by atoms with Crippen molar-refractivity contribution in [2.24, 2.45) is 0 Å². The van der Waals surface area contributed by atoms with Crippen LogP contribution >= 0.6 is 11.3 Å². The van der Waals surface area contributed by atoms with Crippen LogP contribution in [0.3, 0.4) is 0 Å². The van der Waals surface area contributed by atoms with Crippen LogP contribution in [0.15, 0.2) is 23.6 Å². The maximum Gasteiger partial charge on any atom is 0.0596 e. The number of aromatic nitrogens is 2. The van der Waals surface area contributed by atoms with Gasteiger partial charge in [0, 0.05) is 23.7 Å². The molecule has 2 aromatic rings. The van der Waals surface area contributed by atoms with Crippen LogP contribution in [-0.2, 0) is 13.1 Å². The van der Waals surface area contributed by atoms with Crippen LogP contribution < -0.4 is 5.32 Å². The first-order valence-corrected chi connectivity index (χ1v) is 6.88. The largest absolute Gasteiger partial charge is 0.312 e. The van der Waals surface area contributed by atoms with Crippen molar-refractivity contribution in [1.82, 2.24) is 15.1 Å². The minimum atomic E-state index is 0.981. The van der Waals surface area contributed by atoms with E-state index in [0.717, 1.165) is 31.7 Å². The molecule has 0 atom stereocenters. The minimum Gasteiger partial charge on any atom is -0.312 e.